The van der Waals surface area contributed by atoms with Crippen molar-refractivity contribution in [1.29, 1.82) is 0 Å². The second-order valence-corrected chi connectivity index (χ2v) is 2.06. The van der Waals surface area contributed by atoms with E-state index in [0.717, 1.165) is 0 Å². The normalized spacial score (nSPS) is 14.9. The van der Waals surface area contributed by atoms with Gasteiger partial charge in [0.2, 0.25) is 0 Å². The minimum absolute atomic E-state index is 0.0324. The molecule has 0 amide bonds. The van der Waals surface area contributed by atoms with Crippen LogP contribution in [0.1, 0.15) is 6.92 Å². The third-order valence-corrected chi connectivity index (χ3v) is 0.999. The van der Waals surface area contributed by atoms with Crippen molar-refractivity contribution in [2.24, 2.45) is 0 Å². The molecule has 1 nitrogen and oxygen atoms in total. The highest BCUT2D eigenvalue weighted by molar-refractivity contribution is 6.21. The molecule has 0 fully saturated rings. The maximum absolute atomic E-state index is 5.67. The second-order valence-electron chi connectivity index (χ2n) is 1.50. The summed E-state index contributed by atoms with van der Waals surface area (Å²) in [6, 6.07) is 0. The summed E-state index contributed by atoms with van der Waals surface area (Å²) in [4.78, 5) is 0. The van der Waals surface area contributed by atoms with E-state index in [2.05, 4.69) is 0 Å². The van der Waals surface area contributed by atoms with Crippen molar-refractivity contribution in [2.75, 3.05) is 13.7 Å². The van der Waals surface area contributed by atoms with E-state index in [1.165, 1.54) is 0 Å². The molecule has 8 heavy (non-hydrogen) atoms. The van der Waals surface area contributed by atoms with E-state index in [-0.39, 0.29) is 5.38 Å². The number of methoxy groups -OCH3 is 1. The average Bonchev–Trinajstić information content (AvgIpc) is 1.68. The molecule has 0 aromatic heterocycles. The van der Waals surface area contributed by atoms with Crippen LogP contribution in [0.2, 0.25) is 0 Å². The third kappa shape index (κ3) is 4.16. The highest BCUT2D eigenvalue weighted by atomic mass is 35.5. The van der Waals surface area contributed by atoms with E-state index in [4.69, 9.17) is 16.3 Å². The van der Waals surface area contributed by atoms with Gasteiger partial charge in [-0.2, -0.15) is 0 Å². The molecule has 0 saturated heterocycles. The van der Waals surface area contributed by atoms with Crippen molar-refractivity contribution < 1.29 is 4.74 Å². The first kappa shape index (κ1) is 7.99. The smallest absolute Gasteiger partial charge is 0.0749 e. The molecule has 0 aliphatic heterocycles. The topological polar surface area (TPSA) is 9.23 Å². The largest absolute Gasteiger partial charge is 0.383 e. The molecule has 0 aliphatic carbocycles. The quantitative estimate of drug-likeness (QED) is 0.423. The van der Waals surface area contributed by atoms with Crippen molar-refractivity contribution in [3.8, 4) is 0 Å². The number of allylic oxidation sites excluding steroid dienone is 1. The van der Waals surface area contributed by atoms with Crippen molar-refractivity contribution in [2.45, 2.75) is 12.3 Å². The zero-order valence-electron chi connectivity index (χ0n) is 5.23. The molecule has 0 bridgehead atoms. The molecule has 1 unspecified atom stereocenters. The predicted molar refractivity (Wildman–Crippen MR) is 36.3 cm³/mol. The molecule has 0 radical (unpaired) electrons. The van der Waals surface area contributed by atoms with Gasteiger partial charge in [-0.15, -0.1) is 11.6 Å². The van der Waals surface area contributed by atoms with Gasteiger partial charge in [0.05, 0.1) is 12.0 Å². The summed E-state index contributed by atoms with van der Waals surface area (Å²) in [5, 5.41) is 0.0324. The molecule has 0 rings (SSSR count). The Morgan fingerprint density at radius 3 is 2.75 bits per heavy atom. The lowest BCUT2D eigenvalue weighted by Crippen LogP contribution is -2.02. The number of hydrogen-bond acceptors (Lipinski definition) is 1. The molecule has 1 atom stereocenters. The fraction of sp³-hybridized carbons (Fsp3) is 0.667. The first-order chi connectivity index (χ1) is 3.81. The van der Waals surface area contributed by atoms with Gasteiger partial charge in [0.25, 0.3) is 0 Å². The Kier molecular flexibility index (Phi) is 5.13. The third-order valence-electron chi connectivity index (χ3n) is 0.727. The van der Waals surface area contributed by atoms with Crippen LogP contribution in [0.4, 0.5) is 0 Å². The second kappa shape index (κ2) is 5.13. The van der Waals surface area contributed by atoms with Crippen LogP contribution in [0.15, 0.2) is 12.2 Å². The Labute approximate surface area is 55.3 Å². The van der Waals surface area contributed by atoms with Crippen LogP contribution in [0.5, 0.6) is 0 Å². The predicted octanol–water partition coefficient (Wildman–Crippen LogP) is 1.82. The van der Waals surface area contributed by atoms with Crippen LogP contribution >= 0.6 is 11.6 Å². The van der Waals surface area contributed by atoms with Gasteiger partial charge in [-0.25, -0.2) is 0 Å². The molecular formula is C6H11ClO. The van der Waals surface area contributed by atoms with Crippen LogP contribution in [0.25, 0.3) is 0 Å². The first-order valence-electron chi connectivity index (χ1n) is 2.57. The molecule has 0 N–H and O–H groups in total. The Morgan fingerprint density at radius 1 is 1.75 bits per heavy atom. The average molecular weight is 135 g/mol. The fourth-order valence-corrected chi connectivity index (χ4v) is 0.695. The summed E-state index contributed by atoms with van der Waals surface area (Å²) >= 11 is 5.67. The van der Waals surface area contributed by atoms with Gasteiger partial charge in [-0.05, 0) is 6.92 Å². The van der Waals surface area contributed by atoms with Crippen molar-refractivity contribution in [1.82, 2.24) is 0 Å². The molecule has 0 heterocycles. The first-order valence-corrected chi connectivity index (χ1v) is 3.00. The Hall–Kier alpha value is -0.0100. The van der Waals surface area contributed by atoms with Gasteiger partial charge in [-0.1, -0.05) is 12.2 Å². The lowest BCUT2D eigenvalue weighted by molar-refractivity contribution is 0.206. The van der Waals surface area contributed by atoms with Gasteiger partial charge < -0.3 is 4.74 Å². The van der Waals surface area contributed by atoms with Crippen molar-refractivity contribution in [3.63, 3.8) is 0 Å². The number of alkyl halides is 1. The molecule has 0 aromatic rings. The maximum Gasteiger partial charge on any atom is 0.0749 e. The van der Waals surface area contributed by atoms with Gasteiger partial charge in [0.1, 0.15) is 0 Å². The Morgan fingerprint density at radius 2 is 2.38 bits per heavy atom. The lowest BCUT2D eigenvalue weighted by atomic mass is 10.4. The summed E-state index contributed by atoms with van der Waals surface area (Å²) in [6.45, 7) is 2.52. The summed E-state index contributed by atoms with van der Waals surface area (Å²) in [6.07, 6.45) is 3.81. The number of halogens is 1. The van der Waals surface area contributed by atoms with Crippen LogP contribution in [-0.4, -0.2) is 19.1 Å². The van der Waals surface area contributed by atoms with Crippen LogP contribution in [0, 0.1) is 0 Å². The number of hydrogen-bond donors (Lipinski definition) is 0. The minimum atomic E-state index is 0.0324. The summed E-state index contributed by atoms with van der Waals surface area (Å²) < 4.78 is 4.77. The number of ether oxygens (including phenoxy) is 1. The fourth-order valence-electron chi connectivity index (χ4n) is 0.424. The van der Waals surface area contributed by atoms with Gasteiger partial charge in [0.15, 0.2) is 0 Å². The highest BCUT2D eigenvalue weighted by Gasteiger charge is 1.93. The van der Waals surface area contributed by atoms with E-state index in [9.17, 15) is 0 Å². The maximum atomic E-state index is 5.67. The molecule has 0 spiro atoms. The number of rotatable bonds is 3. The van der Waals surface area contributed by atoms with E-state index >= 15 is 0 Å². The van der Waals surface area contributed by atoms with E-state index < -0.39 is 0 Å². The molecule has 2 heteroatoms. The standard InChI is InChI=1S/C6H11ClO/c1-3-4-6(7)5-8-2/h3-4,6H,5H2,1-2H3/b4-3-. The summed E-state index contributed by atoms with van der Waals surface area (Å²) in [7, 11) is 1.64. The Balaban J connectivity index is 3.17. The van der Waals surface area contributed by atoms with Gasteiger partial charge in [0, 0.05) is 7.11 Å². The van der Waals surface area contributed by atoms with Gasteiger partial charge >= 0.3 is 0 Å². The molecule has 0 saturated carbocycles. The zero-order valence-corrected chi connectivity index (χ0v) is 5.98. The Bertz CT molecular complexity index is 70.9. The van der Waals surface area contributed by atoms with Crippen LogP contribution < -0.4 is 0 Å². The molecule has 0 aromatic carbocycles. The summed E-state index contributed by atoms with van der Waals surface area (Å²) in [5.41, 5.74) is 0. The van der Waals surface area contributed by atoms with E-state index in [0.29, 0.717) is 6.61 Å². The van der Waals surface area contributed by atoms with Crippen LogP contribution in [-0.2, 0) is 4.74 Å². The molecule has 48 valence electrons. The molecular weight excluding hydrogens is 124 g/mol. The van der Waals surface area contributed by atoms with Gasteiger partial charge in [-0.3, -0.25) is 0 Å². The lowest BCUT2D eigenvalue weighted by Gasteiger charge is -1.98. The van der Waals surface area contributed by atoms with E-state index in [1.807, 2.05) is 19.1 Å². The van der Waals surface area contributed by atoms with Crippen molar-refractivity contribution in [3.05, 3.63) is 12.2 Å². The zero-order chi connectivity index (χ0) is 6.41. The minimum Gasteiger partial charge on any atom is -0.383 e. The SMILES string of the molecule is C/C=C\C(Cl)COC. The van der Waals surface area contributed by atoms with Crippen LogP contribution in [0.3, 0.4) is 0 Å². The monoisotopic (exact) mass is 134 g/mol. The summed E-state index contributed by atoms with van der Waals surface area (Å²) in [5.74, 6) is 0. The molecule has 0 aliphatic rings. The van der Waals surface area contributed by atoms with Crippen molar-refractivity contribution >= 4 is 11.6 Å². The van der Waals surface area contributed by atoms with E-state index in [1.54, 1.807) is 7.11 Å². The highest BCUT2D eigenvalue weighted by Crippen LogP contribution is 1.96.